The van der Waals surface area contributed by atoms with Crippen molar-refractivity contribution in [1.29, 1.82) is 0 Å². The monoisotopic (exact) mass is 243 g/mol. The van der Waals surface area contributed by atoms with E-state index in [2.05, 4.69) is 6.58 Å². The van der Waals surface area contributed by atoms with E-state index >= 15 is 0 Å². The van der Waals surface area contributed by atoms with Gasteiger partial charge in [0, 0.05) is 0 Å². The molecule has 0 saturated carbocycles. The summed E-state index contributed by atoms with van der Waals surface area (Å²) in [7, 11) is 0. The Bertz CT molecular complexity index is 386. The number of carbonyl (C=O) groups excluding carboxylic acids is 1. The van der Waals surface area contributed by atoms with Gasteiger partial charge in [0.1, 0.15) is 0 Å². The van der Waals surface area contributed by atoms with Gasteiger partial charge < -0.3 is 5.32 Å². The zero-order valence-electron chi connectivity index (χ0n) is 9.00. The highest BCUT2D eigenvalue weighted by atomic mass is 19.4. The Morgan fingerprint density at radius 3 is 2.41 bits per heavy atom. The minimum Gasteiger partial charge on any atom is -0.342 e. The second-order valence-corrected chi connectivity index (χ2v) is 3.50. The van der Waals surface area contributed by atoms with Crippen LogP contribution in [-0.4, -0.2) is 18.1 Å². The number of hydrogen-bond donors (Lipinski definition) is 1. The van der Waals surface area contributed by atoms with Gasteiger partial charge in [0.25, 0.3) is 0 Å². The van der Waals surface area contributed by atoms with E-state index in [0.717, 1.165) is 5.56 Å². The largest absolute Gasteiger partial charge is 0.471 e. The zero-order valence-corrected chi connectivity index (χ0v) is 9.00. The van der Waals surface area contributed by atoms with Crippen LogP contribution >= 0.6 is 0 Å². The van der Waals surface area contributed by atoms with Crippen molar-refractivity contribution >= 4 is 5.91 Å². The van der Waals surface area contributed by atoms with E-state index in [1.807, 2.05) is 5.32 Å². The van der Waals surface area contributed by atoms with E-state index in [9.17, 15) is 18.0 Å². The minimum atomic E-state index is -4.86. The molecule has 0 unspecified atom stereocenters. The molecule has 0 aliphatic carbocycles. The molecule has 1 amide bonds. The summed E-state index contributed by atoms with van der Waals surface area (Å²) in [5, 5.41) is 1.87. The van der Waals surface area contributed by atoms with Crippen molar-refractivity contribution in [2.24, 2.45) is 0 Å². The molecule has 92 valence electrons. The van der Waals surface area contributed by atoms with Gasteiger partial charge in [-0.15, -0.1) is 6.58 Å². The van der Waals surface area contributed by atoms with Gasteiger partial charge in [-0.25, -0.2) is 0 Å². The fourth-order valence-electron chi connectivity index (χ4n) is 1.31. The number of halogens is 3. The van der Waals surface area contributed by atoms with Gasteiger partial charge in [-0.1, -0.05) is 36.4 Å². The number of amides is 1. The van der Waals surface area contributed by atoms with Gasteiger partial charge in [0.05, 0.1) is 6.04 Å². The Kier molecular flexibility index (Phi) is 4.31. The van der Waals surface area contributed by atoms with Crippen molar-refractivity contribution in [3.8, 4) is 0 Å². The van der Waals surface area contributed by atoms with Crippen molar-refractivity contribution in [3.05, 3.63) is 48.6 Å². The van der Waals surface area contributed by atoms with Gasteiger partial charge in [0.2, 0.25) is 0 Å². The smallest absolute Gasteiger partial charge is 0.342 e. The number of rotatable bonds is 4. The summed E-state index contributed by atoms with van der Waals surface area (Å²) in [4.78, 5) is 10.7. The fraction of sp³-hybridized carbons (Fsp3) is 0.250. The summed E-state index contributed by atoms with van der Waals surface area (Å²) in [6.07, 6.45) is -3.29. The van der Waals surface area contributed by atoms with Gasteiger partial charge in [-0.3, -0.25) is 4.79 Å². The molecule has 1 aromatic rings. The number of benzene rings is 1. The van der Waals surface area contributed by atoms with Gasteiger partial charge in [0.15, 0.2) is 0 Å². The molecule has 1 N–H and O–H groups in total. The van der Waals surface area contributed by atoms with Crippen LogP contribution in [0.2, 0.25) is 0 Å². The third kappa shape index (κ3) is 4.30. The lowest BCUT2D eigenvalue weighted by Crippen LogP contribution is -2.43. The predicted molar refractivity (Wildman–Crippen MR) is 58.3 cm³/mol. The maximum atomic E-state index is 12.0. The topological polar surface area (TPSA) is 29.1 Å². The summed E-state index contributed by atoms with van der Waals surface area (Å²) >= 11 is 0. The van der Waals surface area contributed by atoms with Crippen LogP contribution in [0.1, 0.15) is 5.56 Å². The molecule has 0 aliphatic rings. The summed E-state index contributed by atoms with van der Waals surface area (Å²) in [5.41, 5.74) is 0.833. The number of alkyl halides is 3. The van der Waals surface area contributed by atoms with Crippen molar-refractivity contribution in [2.75, 3.05) is 0 Å². The van der Waals surface area contributed by atoms with E-state index in [1.165, 1.54) is 6.08 Å². The molecule has 0 radical (unpaired) electrons. The van der Waals surface area contributed by atoms with Gasteiger partial charge >= 0.3 is 12.1 Å². The van der Waals surface area contributed by atoms with E-state index < -0.39 is 18.1 Å². The van der Waals surface area contributed by atoms with Crippen LogP contribution in [0, 0.1) is 0 Å². The average molecular weight is 243 g/mol. The first-order valence-electron chi connectivity index (χ1n) is 4.97. The predicted octanol–water partition coefficient (Wildman–Crippen LogP) is 2.46. The molecule has 1 atom stereocenters. The molecule has 1 rings (SSSR count). The normalized spacial score (nSPS) is 12.9. The molecular weight excluding hydrogens is 231 g/mol. The molecule has 0 heterocycles. The summed E-state index contributed by atoms with van der Waals surface area (Å²) < 4.78 is 36.1. The molecule has 2 nitrogen and oxygen atoms in total. The first-order chi connectivity index (χ1) is 7.93. The Hall–Kier alpha value is -1.78. The zero-order chi connectivity index (χ0) is 12.9. The fourth-order valence-corrected chi connectivity index (χ4v) is 1.31. The molecular formula is C12H12F3NO. The lowest BCUT2D eigenvalue weighted by atomic mass is 10.1. The molecule has 0 bridgehead atoms. The van der Waals surface area contributed by atoms with Gasteiger partial charge in [-0.2, -0.15) is 13.2 Å². The lowest BCUT2D eigenvalue weighted by molar-refractivity contribution is -0.174. The molecule has 0 spiro atoms. The molecule has 5 heteroatoms. The highest BCUT2D eigenvalue weighted by molar-refractivity contribution is 5.82. The summed E-state index contributed by atoms with van der Waals surface area (Å²) in [6.45, 7) is 3.41. The quantitative estimate of drug-likeness (QED) is 0.809. The first kappa shape index (κ1) is 13.3. The number of nitrogens with one attached hydrogen (secondary N) is 1. The lowest BCUT2D eigenvalue weighted by Gasteiger charge is -2.16. The molecule has 0 fully saturated rings. The van der Waals surface area contributed by atoms with E-state index in [-0.39, 0.29) is 6.42 Å². The van der Waals surface area contributed by atoms with Crippen LogP contribution in [-0.2, 0) is 11.2 Å². The average Bonchev–Trinajstić information content (AvgIpc) is 2.28. The highest BCUT2D eigenvalue weighted by Crippen LogP contribution is 2.15. The second-order valence-electron chi connectivity index (χ2n) is 3.50. The Morgan fingerprint density at radius 2 is 1.94 bits per heavy atom. The van der Waals surface area contributed by atoms with Crippen LogP contribution < -0.4 is 5.32 Å². The first-order valence-corrected chi connectivity index (χ1v) is 4.97. The van der Waals surface area contributed by atoms with E-state index in [4.69, 9.17) is 0 Å². The SMILES string of the molecule is C=C[C@H](Cc1ccccc1)NC(=O)C(F)(F)F. The maximum Gasteiger partial charge on any atom is 0.471 e. The van der Waals surface area contributed by atoms with Crippen LogP contribution in [0.15, 0.2) is 43.0 Å². The third-order valence-electron chi connectivity index (χ3n) is 2.16. The van der Waals surface area contributed by atoms with Crippen molar-refractivity contribution in [2.45, 2.75) is 18.6 Å². The highest BCUT2D eigenvalue weighted by Gasteiger charge is 2.39. The molecule has 0 aliphatic heterocycles. The van der Waals surface area contributed by atoms with Crippen molar-refractivity contribution < 1.29 is 18.0 Å². The van der Waals surface area contributed by atoms with E-state index in [0.29, 0.717) is 0 Å². The standard InChI is InChI=1S/C12H12F3NO/c1-2-10(16-11(17)12(13,14)15)8-9-6-4-3-5-7-9/h2-7,10H,1,8H2,(H,16,17)/t10-/m1/s1. The Balaban J connectivity index is 2.62. The van der Waals surface area contributed by atoms with Crippen LogP contribution in [0.4, 0.5) is 13.2 Å². The molecule has 17 heavy (non-hydrogen) atoms. The van der Waals surface area contributed by atoms with Crippen LogP contribution in [0.5, 0.6) is 0 Å². The molecule has 0 aromatic heterocycles. The number of hydrogen-bond acceptors (Lipinski definition) is 1. The van der Waals surface area contributed by atoms with Crippen LogP contribution in [0.3, 0.4) is 0 Å². The maximum absolute atomic E-state index is 12.0. The molecule has 0 saturated heterocycles. The van der Waals surface area contributed by atoms with Crippen molar-refractivity contribution in [3.63, 3.8) is 0 Å². The van der Waals surface area contributed by atoms with Crippen molar-refractivity contribution in [1.82, 2.24) is 5.32 Å². The Labute approximate surface area is 97.1 Å². The Morgan fingerprint density at radius 1 is 1.35 bits per heavy atom. The van der Waals surface area contributed by atoms with Crippen LogP contribution in [0.25, 0.3) is 0 Å². The van der Waals surface area contributed by atoms with Gasteiger partial charge in [-0.05, 0) is 12.0 Å². The second kappa shape index (κ2) is 5.52. The molecule has 1 aromatic carbocycles. The third-order valence-corrected chi connectivity index (χ3v) is 2.16. The minimum absolute atomic E-state index is 0.284. The summed E-state index contributed by atoms with van der Waals surface area (Å²) in [6, 6.07) is 8.18. The number of carbonyl (C=O) groups is 1. The summed E-state index contributed by atoms with van der Waals surface area (Å²) in [5.74, 6) is -1.95. The van der Waals surface area contributed by atoms with E-state index in [1.54, 1.807) is 30.3 Å².